The van der Waals surface area contributed by atoms with E-state index < -0.39 is 0 Å². The van der Waals surface area contributed by atoms with E-state index in [-0.39, 0.29) is 0 Å². The van der Waals surface area contributed by atoms with Crippen LogP contribution in [0.15, 0.2) is 42.5 Å². The summed E-state index contributed by atoms with van der Waals surface area (Å²) in [7, 11) is 0. The lowest BCUT2D eigenvalue weighted by atomic mass is 10.1. The zero-order chi connectivity index (χ0) is 13.0. The van der Waals surface area contributed by atoms with Crippen LogP contribution in [0.1, 0.15) is 22.3 Å². The minimum absolute atomic E-state index is 0.623. The summed E-state index contributed by atoms with van der Waals surface area (Å²) in [6.07, 6.45) is 0. The van der Waals surface area contributed by atoms with Gasteiger partial charge in [-0.1, -0.05) is 57.9 Å². The van der Waals surface area contributed by atoms with Gasteiger partial charge in [0.05, 0.1) is 0 Å². The fourth-order valence-corrected chi connectivity index (χ4v) is 2.33. The van der Waals surface area contributed by atoms with Crippen molar-refractivity contribution in [3.8, 4) is 5.75 Å². The molecule has 0 aliphatic heterocycles. The average molecular weight is 305 g/mol. The predicted octanol–water partition coefficient (Wildman–Crippen LogP) is 4.78. The van der Waals surface area contributed by atoms with Crippen LogP contribution in [0, 0.1) is 13.8 Å². The van der Waals surface area contributed by atoms with Crippen molar-refractivity contribution in [3.05, 3.63) is 64.7 Å². The molecule has 94 valence electrons. The van der Waals surface area contributed by atoms with Gasteiger partial charge in [0.1, 0.15) is 12.4 Å². The molecule has 0 N–H and O–H groups in total. The monoisotopic (exact) mass is 304 g/mol. The Morgan fingerprint density at radius 1 is 1.00 bits per heavy atom. The number of rotatable bonds is 4. The lowest BCUT2D eigenvalue weighted by molar-refractivity contribution is 0.303. The van der Waals surface area contributed by atoms with Gasteiger partial charge in [0.15, 0.2) is 0 Å². The Labute approximate surface area is 117 Å². The van der Waals surface area contributed by atoms with Crippen LogP contribution < -0.4 is 4.74 Å². The van der Waals surface area contributed by atoms with Gasteiger partial charge in [0.25, 0.3) is 0 Å². The van der Waals surface area contributed by atoms with Gasteiger partial charge in [0, 0.05) is 10.9 Å². The van der Waals surface area contributed by atoms with Gasteiger partial charge < -0.3 is 4.74 Å². The Balaban J connectivity index is 2.14. The highest BCUT2D eigenvalue weighted by Gasteiger charge is 2.03. The van der Waals surface area contributed by atoms with E-state index in [0.29, 0.717) is 6.61 Å². The summed E-state index contributed by atoms with van der Waals surface area (Å²) in [5.41, 5.74) is 4.98. The van der Waals surface area contributed by atoms with Crippen LogP contribution in [0.2, 0.25) is 0 Å². The van der Waals surface area contributed by atoms with E-state index in [1.165, 1.54) is 22.3 Å². The summed E-state index contributed by atoms with van der Waals surface area (Å²) >= 11 is 3.48. The fourth-order valence-electron chi connectivity index (χ4n) is 1.87. The van der Waals surface area contributed by atoms with Gasteiger partial charge in [-0.2, -0.15) is 0 Å². The van der Waals surface area contributed by atoms with E-state index in [2.05, 4.69) is 54.0 Å². The molecule has 0 heterocycles. The molecule has 0 saturated heterocycles. The van der Waals surface area contributed by atoms with Gasteiger partial charge in [-0.15, -0.1) is 0 Å². The molecule has 2 aromatic carbocycles. The quantitative estimate of drug-likeness (QED) is 0.739. The Morgan fingerprint density at radius 2 is 1.78 bits per heavy atom. The van der Waals surface area contributed by atoms with Crippen molar-refractivity contribution in [2.75, 3.05) is 0 Å². The van der Waals surface area contributed by atoms with E-state index in [0.717, 1.165) is 11.1 Å². The van der Waals surface area contributed by atoms with E-state index in [9.17, 15) is 0 Å². The van der Waals surface area contributed by atoms with Crippen LogP contribution in [-0.4, -0.2) is 0 Å². The SMILES string of the molecule is Cc1ccc(C)c(COc2ccccc2CBr)c1. The second-order valence-corrected chi connectivity index (χ2v) is 5.02. The first-order valence-corrected chi connectivity index (χ1v) is 7.15. The second kappa shape index (κ2) is 6.05. The highest BCUT2D eigenvalue weighted by molar-refractivity contribution is 9.08. The predicted molar refractivity (Wildman–Crippen MR) is 79.3 cm³/mol. The van der Waals surface area contributed by atoms with E-state index in [1.807, 2.05) is 18.2 Å². The molecule has 0 aliphatic rings. The number of benzene rings is 2. The minimum atomic E-state index is 0.623. The van der Waals surface area contributed by atoms with Crippen LogP contribution in [-0.2, 0) is 11.9 Å². The van der Waals surface area contributed by atoms with Gasteiger partial charge in [0.2, 0.25) is 0 Å². The first kappa shape index (κ1) is 13.2. The molecule has 18 heavy (non-hydrogen) atoms. The average Bonchev–Trinajstić information content (AvgIpc) is 2.40. The molecule has 2 heteroatoms. The third-order valence-corrected chi connectivity index (χ3v) is 3.61. The largest absolute Gasteiger partial charge is 0.489 e. The summed E-state index contributed by atoms with van der Waals surface area (Å²) in [6, 6.07) is 14.6. The third-order valence-electron chi connectivity index (χ3n) is 3.00. The lowest BCUT2D eigenvalue weighted by Crippen LogP contribution is -2.00. The molecule has 0 spiro atoms. The highest BCUT2D eigenvalue weighted by atomic mass is 79.9. The molecule has 0 atom stereocenters. The molecule has 0 radical (unpaired) electrons. The summed E-state index contributed by atoms with van der Waals surface area (Å²) in [4.78, 5) is 0. The third kappa shape index (κ3) is 3.14. The van der Waals surface area contributed by atoms with Crippen LogP contribution in [0.5, 0.6) is 5.75 Å². The Bertz CT molecular complexity index is 534. The van der Waals surface area contributed by atoms with E-state index in [4.69, 9.17) is 4.74 Å². The zero-order valence-corrected chi connectivity index (χ0v) is 12.3. The van der Waals surface area contributed by atoms with Crippen molar-refractivity contribution >= 4 is 15.9 Å². The number of hydrogen-bond acceptors (Lipinski definition) is 1. The van der Waals surface area contributed by atoms with Gasteiger partial charge in [-0.3, -0.25) is 0 Å². The summed E-state index contributed by atoms with van der Waals surface area (Å²) in [6.45, 7) is 4.85. The Morgan fingerprint density at radius 3 is 2.56 bits per heavy atom. The van der Waals surface area contributed by atoms with Crippen molar-refractivity contribution in [2.45, 2.75) is 25.8 Å². The van der Waals surface area contributed by atoms with Gasteiger partial charge in [-0.25, -0.2) is 0 Å². The van der Waals surface area contributed by atoms with Crippen LogP contribution >= 0.6 is 15.9 Å². The second-order valence-electron chi connectivity index (χ2n) is 4.46. The number of para-hydroxylation sites is 1. The molecular weight excluding hydrogens is 288 g/mol. The van der Waals surface area contributed by atoms with E-state index >= 15 is 0 Å². The Hall–Kier alpha value is -1.28. The number of ether oxygens (including phenoxy) is 1. The lowest BCUT2D eigenvalue weighted by Gasteiger charge is -2.12. The van der Waals surface area contributed by atoms with Crippen molar-refractivity contribution in [2.24, 2.45) is 0 Å². The van der Waals surface area contributed by atoms with Gasteiger partial charge in [-0.05, 0) is 31.0 Å². The molecule has 0 bridgehead atoms. The van der Waals surface area contributed by atoms with Crippen molar-refractivity contribution < 1.29 is 4.74 Å². The molecule has 0 unspecified atom stereocenters. The topological polar surface area (TPSA) is 9.23 Å². The molecule has 2 rings (SSSR count). The maximum absolute atomic E-state index is 5.92. The standard InChI is InChI=1S/C16H17BrO/c1-12-7-8-13(2)15(9-12)11-18-16-6-4-3-5-14(16)10-17/h3-9H,10-11H2,1-2H3. The number of hydrogen-bond donors (Lipinski definition) is 0. The highest BCUT2D eigenvalue weighted by Crippen LogP contribution is 2.22. The minimum Gasteiger partial charge on any atom is -0.489 e. The maximum Gasteiger partial charge on any atom is 0.123 e. The molecule has 0 aliphatic carbocycles. The van der Waals surface area contributed by atoms with E-state index in [1.54, 1.807) is 0 Å². The van der Waals surface area contributed by atoms with Crippen LogP contribution in [0.4, 0.5) is 0 Å². The normalized spacial score (nSPS) is 10.4. The van der Waals surface area contributed by atoms with Crippen molar-refractivity contribution in [3.63, 3.8) is 0 Å². The summed E-state index contributed by atoms with van der Waals surface area (Å²) in [5.74, 6) is 0.954. The fraction of sp³-hybridized carbons (Fsp3) is 0.250. The zero-order valence-electron chi connectivity index (χ0n) is 10.7. The summed E-state index contributed by atoms with van der Waals surface area (Å²) < 4.78 is 5.92. The van der Waals surface area contributed by atoms with Gasteiger partial charge >= 0.3 is 0 Å². The number of aryl methyl sites for hydroxylation is 2. The molecule has 1 nitrogen and oxygen atoms in total. The van der Waals surface area contributed by atoms with Crippen molar-refractivity contribution in [1.29, 1.82) is 0 Å². The Kier molecular flexibility index (Phi) is 4.43. The van der Waals surface area contributed by atoms with Crippen LogP contribution in [0.25, 0.3) is 0 Å². The van der Waals surface area contributed by atoms with Crippen molar-refractivity contribution in [1.82, 2.24) is 0 Å². The molecule has 0 fully saturated rings. The molecule has 0 aromatic heterocycles. The maximum atomic E-state index is 5.92. The first-order chi connectivity index (χ1) is 8.70. The molecule has 0 amide bonds. The molecular formula is C16H17BrO. The smallest absolute Gasteiger partial charge is 0.123 e. The summed E-state index contributed by atoms with van der Waals surface area (Å²) in [5, 5.41) is 0.815. The molecule has 2 aromatic rings. The number of alkyl halides is 1. The molecule has 0 saturated carbocycles. The van der Waals surface area contributed by atoms with Crippen LogP contribution in [0.3, 0.4) is 0 Å². The number of halogens is 1. The first-order valence-electron chi connectivity index (χ1n) is 6.03.